The summed E-state index contributed by atoms with van der Waals surface area (Å²) < 4.78 is 11.3. The number of hydrogen-bond acceptors (Lipinski definition) is 6. The van der Waals surface area contributed by atoms with Crippen LogP contribution < -0.4 is 9.47 Å². The molecule has 3 aromatic rings. The highest BCUT2D eigenvalue weighted by molar-refractivity contribution is 5.91. The van der Waals surface area contributed by atoms with Crippen molar-refractivity contribution in [3.63, 3.8) is 0 Å². The monoisotopic (exact) mass is 515 g/mol. The SMILES string of the molecule is CCCCCCCCCCCCCCOc1ccc(C(=O)Oc2ccc(N=Nc3cccnc3)cc2)cc1. The highest BCUT2D eigenvalue weighted by Crippen LogP contribution is 2.22. The summed E-state index contributed by atoms with van der Waals surface area (Å²) in [5, 5.41) is 8.29. The molecule has 0 bridgehead atoms. The molecule has 2 aromatic carbocycles. The number of carbonyl (C=O) groups excluding carboxylic acids is 1. The first-order valence-corrected chi connectivity index (χ1v) is 14.1. The van der Waals surface area contributed by atoms with Crippen LogP contribution in [0.4, 0.5) is 11.4 Å². The van der Waals surface area contributed by atoms with Crippen LogP contribution >= 0.6 is 0 Å². The van der Waals surface area contributed by atoms with Gasteiger partial charge in [-0.15, -0.1) is 5.11 Å². The molecule has 38 heavy (non-hydrogen) atoms. The zero-order valence-corrected chi connectivity index (χ0v) is 22.7. The third-order valence-corrected chi connectivity index (χ3v) is 6.33. The molecule has 202 valence electrons. The second kappa shape index (κ2) is 17.8. The minimum atomic E-state index is -0.415. The van der Waals surface area contributed by atoms with Crippen molar-refractivity contribution in [2.75, 3.05) is 6.61 Å². The number of unbranched alkanes of at least 4 members (excludes halogenated alkanes) is 11. The highest BCUT2D eigenvalue weighted by atomic mass is 16.5. The van der Waals surface area contributed by atoms with Gasteiger partial charge in [-0.25, -0.2) is 4.79 Å². The Balaban J connectivity index is 1.27. The zero-order valence-electron chi connectivity index (χ0n) is 22.7. The summed E-state index contributed by atoms with van der Waals surface area (Å²) in [6.07, 6.45) is 19.2. The van der Waals surface area contributed by atoms with E-state index in [1.54, 1.807) is 54.9 Å². The number of rotatable bonds is 18. The van der Waals surface area contributed by atoms with E-state index in [9.17, 15) is 4.79 Å². The third kappa shape index (κ3) is 11.7. The number of aromatic nitrogens is 1. The molecule has 0 N–H and O–H groups in total. The maximum absolute atomic E-state index is 12.5. The average Bonchev–Trinajstić information content (AvgIpc) is 2.96. The number of benzene rings is 2. The van der Waals surface area contributed by atoms with E-state index in [1.165, 1.54) is 70.6 Å². The van der Waals surface area contributed by atoms with Crippen molar-refractivity contribution in [1.82, 2.24) is 4.98 Å². The summed E-state index contributed by atoms with van der Waals surface area (Å²) in [6.45, 7) is 2.97. The van der Waals surface area contributed by atoms with Gasteiger partial charge in [-0.1, -0.05) is 77.6 Å². The van der Waals surface area contributed by atoms with Crippen molar-refractivity contribution in [2.24, 2.45) is 10.2 Å². The number of carbonyl (C=O) groups is 1. The quantitative estimate of drug-likeness (QED) is 0.0731. The average molecular weight is 516 g/mol. The molecular formula is C32H41N3O3. The van der Waals surface area contributed by atoms with E-state index in [0.29, 0.717) is 29.3 Å². The maximum Gasteiger partial charge on any atom is 0.343 e. The summed E-state index contributed by atoms with van der Waals surface area (Å²) in [6, 6.07) is 17.6. The first-order chi connectivity index (χ1) is 18.7. The van der Waals surface area contributed by atoms with Gasteiger partial charge in [-0.2, -0.15) is 5.11 Å². The first kappa shape index (κ1) is 29.0. The molecule has 1 heterocycles. The fourth-order valence-corrected chi connectivity index (χ4v) is 4.10. The molecule has 0 radical (unpaired) electrons. The van der Waals surface area contributed by atoms with Crippen LogP contribution in [0, 0.1) is 0 Å². The molecule has 6 nitrogen and oxygen atoms in total. The zero-order chi connectivity index (χ0) is 26.7. The molecule has 0 fully saturated rings. The van der Waals surface area contributed by atoms with Gasteiger partial charge in [0.1, 0.15) is 17.2 Å². The van der Waals surface area contributed by atoms with Crippen LogP contribution in [0.25, 0.3) is 0 Å². The van der Waals surface area contributed by atoms with Gasteiger partial charge in [-0.05, 0) is 67.1 Å². The molecule has 0 aliphatic rings. The minimum absolute atomic E-state index is 0.415. The van der Waals surface area contributed by atoms with Crippen LogP contribution in [-0.2, 0) is 0 Å². The summed E-state index contributed by atoms with van der Waals surface area (Å²) >= 11 is 0. The second-order valence-electron chi connectivity index (χ2n) is 9.56. The smallest absolute Gasteiger partial charge is 0.343 e. The van der Waals surface area contributed by atoms with E-state index >= 15 is 0 Å². The fourth-order valence-electron chi connectivity index (χ4n) is 4.10. The first-order valence-electron chi connectivity index (χ1n) is 14.1. The Morgan fingerprint density at radius 2 is 1.26 bits per heavy atom. The van der Waals surface area contributed by atoms with Gasteiger partial charge in [0.05, 0.1) is 24.1 Å². The Bertz CT molecular complexity index is 1070. The predicted octanol–water partition coefficient (Wildman–Crippen LogP) is 9.80. The van der Waals surface area contributed by atoms with Gasteiger partial charge in [-0.3, -0.25) is 4.98 Å². The van der Waals surface area contributed by atoms with Gasteiger partial charge in [0.25, 0.3) is 0 Å². The van der Waals surface area contributed by atoms with Gasteiger partial charge in [0.15, 0.2) is 0 Å². The van der Waals surface area contributed by atoms with Crippen molar-refractivity contribution in [3.8, 4) is 11.5 Å². The van der Waals surface area contributed by atoms with Crippen molar-refractivity contribution < 1.29 is 14.3 Å². The fraction of sp³-hybridized carbons (Fsp3) is 0.438. The van der Waals surface area contributed by atoms with Gasteiger partial charge in [0, 0.05) is 6.20 Å². The maximum atomic E-state index is 12.5. The van der Waals surface area contributed by atoms with Gasteiger partial charge < -0.3 is 9.47 Å². The van der Waals surface area contributed by atoms with Crippen molar-refractivity contribution in [1.29, 1.82) is 0 Å². The molecule has 0 spiro atoms. The van der Waals surface area contributed by atoms with Crippen LogP contribution in [-0.4, -0.2) is 17.6 Å². The molecule has 1 aromatic heterocycles. The normalized spacial score (nSPS) is 11.1. The molecule has 6 heteroatoms. The van der Waals surface area contributed by atoms with E-state index < -0.39 is 5.97 Å². The lowest BCUT2D eigenvalue weighted by molar-refractivity contribution is 0.0734. The van der Waals surface area contributed by atoms with E-state index in [0.717, 1.165) is 12.2 Å². The van der Waals surface area contributed by atoms with Crippen LogP contribution in [0.5, 0.6) is 11.5 Å². The lowest BCUT2D eigenvalue weighted by atomic mass is 10.1. The lowest BCUT2D eigenvalue weighted by Gasteiger charge is -2.08. The standard InChI is InChI=1S/C32H41N3O3/c1-2-3-4-5-6-7-8-9-10-11-12-13-25-37-30-20-16-27(17-21-30)32(36)38-31-22-18-28(19-23-31)34-35-29-15-14-24-33-26-29/h14-24,26H,2-13,25H2,1H3. The summed E-state index contributed by atoms with van der Waals surface area (Å²) in [4.78, 5) is 16.5. The van der Waals surface area contributed by atoms with Crippen molar-refractivity contribution in [2.45, 2.75) is 84.0 Å². The molecule has 0 saturated carbocycles. The Hall–Kier alpha value is -3.54. The van der Waals surface area contributed by atoms with Crippen LogP contribution in [0.1, 0.15) is 94.3 Å². The molecule has 0 amide bonds. The molecule has 0 unspecified atom stereocenters. The summed E-state index contributed by atoms with van der Waals surface area (Å²) in [5.41, 5.74) is 1.80. The summed E-state index contributed by atoms with van der Waals surface area (Å²) in [7, 11) is 0. The number of azo groups is 1. The number of hydrogen-bond donors (Lipinski definition) is 0. The van der Waals surface area contributed by atoms with Crippen LogP contribution in [0.15, 0.2) is 83.3 Å². The van der Waals surface area contributed by atoms with Crippen molar-refractivity contribution >= 4 is 17.3 Å². The Morgan fingerprint density at radius 3 is 1.87 bits per heavy atom. The van der Waals surface area contributed by atoms with Crippen LogP contribution in [0.3, 0.4) is 0 Å². The molecule has 0 saturated heterocycles. The van der Waals surface area contributed by atoms with Crippen LogP contribution in [0.2, 0.25) is 0 Å². The number of nitrogens with zero attached hydrogens (tertiary/aromatic N) is 3. The number of pyridine rings is 1. The molecule has 3 rings (SSSR count). The lowest BCUT2D eigenvalue weighted by Crippen LogP contribution is -2.08. The number of ether oxygens (including phenoxy) is 2. The molecule has 0 atom stereocenters. The van der Waals surface area contributed by atoms with E-state index in [1.807, 2.05) is 18.2 Å². The van der Waals surface area contributed by atoms with E-state index in [2.05, 4.69) is 22.1 Å². The third-order valence-electron chi connectivity index (χ3n) is 6.33. The second-order valence-corrected chi connectivity index (χ2v) is 9.56. The Labute approximate surface area is 227 Å². The highest BCUT2D eigenvalue weighted by Gasteiger charge is 2.09. The van der Waals surface area contributed by atoms with E-state index in [-0.39, 0.29) is 0 Å². The molecule has 0 aliphatic heterocycles. The molecule has 0 aliphatic carbocycles. The number of esters is 1. The minimum Gasteiger partial charge on any atom is -0.494 e. The predicted molar refractivity (Wildman–Crippen MR) is 153 cm³/mol. The topological polar surface area (TPSA) is 73.1 Å². The molecular weight excluding hydrogens is 474 g/mol. The largest absolute Gasteiger partial charge is 0.494 e. The Kier molecular flexibility index (Phi) is 13.6. The van der Waals surface area contributed by atoms with Gasteiger partial charge in [0.2, 0.25) is 0 Å². The summed E-state index contributed by atoms with van der Waals surface area (Å²) in [5.74, 6) is 0.804. The van der Waals surface area contributed by atoms with E-state index in [4.69, 9.17) is 9.47 Å². The van der Waals surface area contributed by atoms with Gasteiger partial charge >= 0.3 is 5.97 Å². The Morgan fingerprint density at radius 1 is 0.684 bits per heavy atom. The van der Waals surface area contributed by atoms with Crippen molar-refractivity contribution in [3.05, 3.63) is 78.6 Å².